The van der Waals surface area contributed by atoms with Crippen molar-refractivity contribution in [3.05, 3.63) is 84.4 Å². The van der Waals surface area contributed by atoms with E-state index in [1.54, 1.807) is 65.5 Å². The Labute approximate surface area is 181 Å². The van der Waals surface area contributed by atoms with Gasteiger partial charge in [0.15, 0.2) is 11.0 Å². The van der Waals surface area contributed by atoms with Crippen molar-refractivity contribution in [2.24, 2.45) is 0 Å². The lowest BCUT2D eigenvalue weighted by Gasteiger charge is -2.11. The molecule has 2 heterocycles. The molecule has 0 fully saturated rings. The molecule has 7 nitrogen and oxygen atoms in total. The van der Waals surface area contributed by atoms with Crippen LogP contribution in [0.3, 0.4) is 0 Å². The van der Waals surface area contributed by atoms with Crippen LogP contribution in [0.2, 0.25) is 0 Å². The first-order valence-corrected chi connectivity index (χ1v) is 10.2. The first kappa shape index (κ1) is 20.3. The lowest BCUT2D eigenvalue weighted by Crippen LogP contribution is -2.15. The van der Waals surface area contributed by atoms with E-state index in [9.17, 15) is 14.4 Å². The van der Waals surface area contributed by atoms with Gasteiger partial charge in [-0.1, -0.05) is 23.9 Å². The van der Waals surface area contributed by atoms with Gasteiger partial charge in [-0.05, 0) is 48.5 Å². The molecule has 0 radical (unpaired) electrons. The first-order valence-electron chi connectivity index (χ1n) is 9.19. The van der Waals surface area contributed by atoms with Crippen LogP contribution >= 0.6 is 11.8 Å². The van der Waals surface area contributed by atoms with Crippen molar-refractivity contribution in [2.45, 2.75) is 5.16 Å². The number of nitrogens with zero attached hydrogens (tertiary/aromatic N) is 5. The number of nitriles is 1. The Hall–Kier alpha value is -4.03. The Morgan fingerprint density at radius 2 is 1.81 bits per heavy atom. The number of pyridine rings is 1. The van der Waals surface area contributed by atoms with Gasteiger partial charge in [0.2, 0.25) is 5.91 Å². The third-order valence-corrected chi connectivity index (χ3v) is 5.24. The SMILES string of the molecule is N#Cc1ccccc1NC(=O)CSc1nnc(-c2ccncc2)n1-c1ccc(F)cc1. The number of anilines is 1. The highest BCUT2D eigenvalue weighted by atomic mass is 32.2. The maximum Gasteiger partial charge on any atom is 0.234 e. The molecule has 0 spiro atoms. The predicted molar refractivity (Wildman–Crippen MR) is 115 cm³/mol. The average molecular weight is 430 g/mol. The summed E-state index contributed by atoms with van der Waals surface area (Å²) in [6.45, 7) is 0. The molecule has 2 aromatic carbocycles. The number of carbonyl (C=O) groups is 1. The Kier molecular flexibility index (Phi) is 6.01. The highest BCUT2D eigenvalue weighted by molar-refractivity contribution is 7.99. The van der Waals surface area contributed by atoms with Crippen LogP contribution in [-0.2, 0) is 4.79 Å². The van der Waals surface area contributed by atoms with Crippen LogP contribution in [0.4, 0.5) is 10.1 Å². The molecule has 0 saturated carbocycles. The zero-order valence-corrected chi connectivity index (χ0v) is 16.9. The number of benzene rings is 2. The summed E-state index contributed by atoms with van der Waals surface area (Å²) in [5.74, 6) is -0.0410. The normalized spacial score (nSPS) is 10.5. The van der Waals surface area contributed by atoms with Gasteiger partial charge in [0, 0.05) is 23.6 Å². The van der Waals surface area contributed by atoms with E-state index in [-0.39, 0.29) is 17.5 Å². The second kappa shape index (κ2) is 9.19. The molecule has 0 bridgehead atoms. The lowest BCUT2D eigenvalue weighted by molar-refractivity contribution is -0.113. The van der Waals surface area contributed by atoms with Gasteiger partial charge in [-0.25, -0.2) is 4.39 Å². The fourth-order valence-electron chi connectivity index (χ4n) is 2.88. The zero-order valence-electron chi connectivity index (χ0n) is 16.1. The number of rotatable bonds is 6. The largest absolute Gasteiger partial charge is 0.324 e. The van der Waals surface area contributed by atoms with Crippen LogP contribution < -0.4 is 5.32 Å². The Balaban J connectivity index is 1.60. The minimum absolute atomic E-state index is 0.0510. The van der Waals surface area contributed by atoms with E-state index in [4.69, 9.17) is 0 Å². The number of aromatic nitrogens is 4. The van der Waals surface area contributed by atoms with Gasteiger partial charge >= 0.3 is 0 Å². The minimum atomic E-state index is -0.355. The molecule has 0 aliphatic carbocycles. The van der Waals surface area contributed by atoms with Crippen LogP contribution in [0.15, 0.2) is 78.2 Å². The van der Waals surface area contributed by atoms with Crippen LogP contribution in [0.25, 0.3) is 17.1 Å². The van der Waals surface area contributed by atoms with Crippen LogP contribution in [-0.4, -0.2) is 31.4 Å². The van der Waals surface area contributed by atoms with Crippen LogP contribution in [0.5, 0.6) is 0 Å². The number of thioether (sulfide) groups is 1. The van der Waals surface area contributed by atoms with Crippen LogP contribution in [0.1, 0.15) is 5.56 Å². The molecule has 1 amide bonds. The van der Waals surface area contributed by atoms with Crippen molar-refractivity contribution >= 4 is 23.4 Å². The lowest BCUT2D eigenvalue weighted by atomic mass is 10.2. The van der Waals surface area contributed by atoms with E-state index < -0.39 is 0 Å². The highest BCUT2D eigenvalue weighted by Gasteiger charge is 2.18. The maximum atomic E-state index is 13.4. The van der Waals surface area contributed by atoms with Gasteiger partial charge in [-0.2, -0.15) is 5.26 Å². The van der Waals surface area contributed by atoms with E-state index in [0.29, 0.717) is 27.9 Å². The molecule has 9 heteroatoms. The molecule has 1 N–H and O–H groups in total. The summed E-state index contributed by atoms with van der Waals surface area (Å²) in [5.41, 5.74) is 2.28. The molecule has 31 heavy (non-hydrogen) atoms. The van der Waals surface area contributed by atoms with Gasteiger partial charge in [0.05, 0.1) is 17.0 Å². The van der Waals surface area contributed by atoms with Gasteiger partial charge in [0.25, 0.3) is 0 Å². The molecular formula is C22H15FN6OS. The van der Waals surface area contributed by atoms with Crippen molar-refractivity contribution in [3.8, 4) is 23.1 Å². The minimum Gasteiger partial charge on any atom is -0.324 e. The molecular weight excluding hydrogens is 415 g/mol. The van der Waals surface area contributed by atoms with Crippen molar-refractivity contribution in [1.29, 1.82) is 5.26 Å². The fourth-order valence-corrected chi connectivity index (χ4v) is 3.63. The smallest absolute Gasteiger partial charge is 0.234 e. The van der Waals surface area contributed by atoms with E-state index >= 15 is 0 Å². The quantitative estimate of drug-likeness (QED) is 0.463. The molecule has 0 aliphatic heterocycles. The summed E-state index contributed by atoms with van der Waals surface area (Å²) in [5, 5.41) is 20.9. The third-order valence-electron chi connectivity index (χ3n) is 4.31. The molecule has 4 rings (SSSR count). The van der Waals surface area contributed by atoms with Gasteiger partial charge < -0.3 is 5.32 Å². The van der Waals surface area contributed by atoms with Crippen LogP contribution in [0, 0.1) is 17.1 Å². The topological polar surface area (TPSA) is 96.5 Å². The van der Waals surface area contributed by atoms with E-state index in [1.807, 2.05) is 6.07 Å². The third kappa shape index (κ3) is 4.60. The van der Waals surface area contributed by atoms with Crippen molar-refractivity contribution in [2.75, 3.05) is 11.1 Å². The Morgan fingerprint density at radius 1 is 1.06 bits per heavy atom. The second-order valence-corrected chi connectivity index (χ2v) is 7.29. The average Bonchev–Trinajstić information content (AvgIpc) is 3.23. The van der Waals surface area contributed by atoms with E-state index in [2.05, 4.69) is 20.5 Å². The molecule has 0 aliphatic rings. The highest BCUT2D eigenvalue weighted by Crippen LogP contribution is 2.28. The molecule has 4 aromatic rings. The van der Waals surface area contributed by atoms with E-state index in [1.165, 1.54) is 23.9 Å². The number of nitrogens with one attached hydrogen (secondary N) is 1. The fraction of sp³-hybridized carbons (Fsp3) is 0.0455. The zero-order chi connectivity index (χ0) is 21.6. The Morgan fingerprint density at radius 3 is 2.55 bits per heavy atom. The number of carbonyl (C=O) groups excluding carboxylic acids is 1. The van der Waals surface area contributed by atoms with Gasteiger partial charge in [-0.15, -0.1) is 10.2 Å². The van der Waals surface area contributed by atoms with Crippen molar-refractivity contribution in [3.63, 3.8) is 0 Å². The number of para-hydroxylation sites is 1. The van der Waals surface area contributed by atoms with E-state index in [0.717, 1.165) is 5.56 Å². The summed E-state index contributed by atoms with van der Waals surface area (Å²) in [7, 11) is 0. The summed E-state index contributed by atoms with van der Waals surface area (Å²) in [4.78, 5) is 16.5. The molecule has 152 valence electrons. The summed E-state index contributed by atoms with van der Waals surface area (Å²) < 4.78 is 15.2. The summed E-state index contributed by atoms with van der Waals surface area (Å²) >= 11 is 1.19. The molecule has 2 aromatic heterocycles. The summed E-state index contributed by atoms with van der Waals surface area (Å²) in [6, 6.07) is 18.4. The molecule has 0 atom stereocenters. The van der Waals surface area contributed by atoms with Gasteiger partial charge in [-0.3, -0.25) is 14.3 Å². The van der Waals surface area contributed by atoms with Gasteiger partial charge in [0.1, 0.15) is 11.9 Å². The standard InChI is InChI=1S/C22H15FN6OS/c23-17-5-7-18(8-6-17)29-21(15-9-11-25-12-10-15)27-28-22(29)31-14-20(30)26-19-4-2-1-3-16(19)13-24/h1-12H,14H2,(H,26,30). The number of hydrogen-bond acceptors (Lipinski definition) is 6. The monoisotopic (exact) mass is 430 g/mol. The summed E-state index contributed by atoms with van der Waals surface area (Å²) in [6.07, 6.45) is 3.29. The van der Waals surface area contributed by atoms with Crippen molar-refractivity contribution < 1.29 is 9.18 Å². The Bertz CT molecular complexity index is 1250. The predicted octanol–water partition coefficient (Wildman–Crippen LogP) is 4.07. The molecule has 0 unspecified atom stereocenters. The maximum absolute atomic E-state index is 13.4. The number of halogens is 1. The number of amides is 1. The second-order valence-electron chi connectivity index (χ2n) is 6.35. The first-order chi connectivity index (χ1) is 15.2. The number of hydrogen-bond donors (Lipinski definition) is 1. The molecule has 0 saturated heterocycles. The van der Waals surface area contributed by atoms with Crippen molar-refractivity contribution in [1.82, 2.24) is 19.7 Å².